The van der Waals surface area contributed by atoms with E-state index in [4.69, 9.17) is 21.7 Å². The Labute approximate surface area is 182 Å². The molecular weight excluding hydrogens is 438 g/mol. The lowest BCUT2D eigenvalue weighted by Crippen LogP contribution is -2.59. The van der Waals surface area contributed by atoms with Crippen molar-refractivity contribution in [1.29, 1.82) is 0 Å². The van der Waals surface area contributed by atoms with Gasteiger partial charge in [0.25, 0.3) is 0 Å². The molecule has 5 unspecified atom stereocenters. The average molecular weight is 465 g/mol. The number of primary amides is 1. The van der Waals surface area contributed by atoms with E-state index in [1.165, 1.54) is 0 Å². The van der Waals surface area contributed by atoms with Crippen LogP contribution in [0.3, 0.4) is 0 Å². The van der Waals surface area contributed by atoms with Crippen molar-refractivity contribution in [3.63, 3.8) is 0 Å². The van der Waals surface area contributed by atoms with Crippen molar-refractivity contribution >= 4 is 48.2 Å². The number of rotatable bonds is 14. The number of carboxylic acid groups (broad SMARTS) is 2. The van der Waals surface area contributed by atoms with Crippen molar-refractivity contribution in [2.24, 2.45) is 11.5 Å². The lowest BCUT2D eigenvalue weighted by atomic mass is 10.1. The Morgan fingerprint density at radius 2 is 1.45 bits per heavy atom. The average Bonchev–Trinajstić information content (AvgIpc) is 2.66. The topological polar surface area (TPSA) is 251 Å². The molecular formula is C16H27N5O9S. The van der Waals surface area contributed by atoms with E-state index >= 15 is 0 Å². The maximum atomic E-state index is 12.4. The number of nitrogens with two attached hydrogens (primary N) is 2. The number of nitrogens with one attached hydrogen (secondary N) is 3. The quantitative estimate of drug-likeness (QED) is 0.112. The van der Waals surface area contributed by atoms with E-state index in [2.05, 4.69) is 23.3 Å². The van der Waals surface area contributed by atoms with E-state index in [1.807, 2.05) is 5.32 Å². The zero-order chi connectivity index (χ0) is 24.3. The fraction of sp³-hybridized carbons (Fsp3) is 0.625. The lowest BCUT2D eigenvalue weighted by molar-refractivity contribution is -0.146. The van der Waals surface area contributed by atoms with Crippen molar-refractivity contribution < 1.29 is 44.1 Å². The summed E-state index contributed by atoms with van der Waals surface area (Å²) in [5.41, 5.74) is 10.6. The SMILES string of the molecule is CC(O)C(NC(=O)C(CC(=O)O)NC(=O)C(CS)NC(=O)C(N)CCC(N)=O)C(=O)O. The predicted octanol–water partition coefficient (Wildman–Crippen LogP) is -4.10. The zero-order valence-corrected chi connectivity index (χ0v) is 17.5. The van der Waals surface area contributed by atoms with E-state index in [9.17, 15) is 33.9 Å². The van der Waals surface area contributed by atoms with Crippen LogP contribution in [0.2, 0.25) is 0 Å². The highest BCUT2D eigenvalue weighted by molar-refractivity contribution is 7.80. The number of hydrogen-bond acceptors (Lipinski definition) is 9. The largest absolute Gasteiger partial charge is 0.481 e. The molecule has 0 aliphatic carbocycles. The monoisotopic (exact) mass is 465 g/mol. The van der Waals surface area contributed by atoms with Crippen LogP contribution < -0.4 is 27.4 Å². The van der Waals surface area contributed by atoms with Crippen LogP contribution >= 0.6 is 12.6 Å². The van der Waals surface area contributed by atoms with Crippen molar-refractivity contribution in [2.45, 2.75) is 56.5 Å². The first-order valence-electron chi connectivity index (χ1n) is 8.98. The van der Waals surface area contributed by atoms with Crippen LogP contribution in [0.5, 0.6) is 0 Å². The number of aliphatic hydroxyl groups is 1. The molecule has 4 amide bonds. The Balaban J connectivity index is 5.23. The Morgan fingerprint density at radius 1 is 0.935 bits per heavy atom. The minimum Gasteiger partial charge on any atom is -0.481 e. The number of carbonyl (C=O) groups is 6. The molecule has 0 aromatic rings. The molecule has 0 aromatic heterocycles. The van der Waals surface area contributed by atoms with Gasteiger partial charge >= 0.3 is 11.9 Å². The van der Waals surface area contributed by atoms with Crippen molar-refractivity contribution in [3.05, 3.63) is 0 Å². The molecule has 10 N–H and O–H groups in total. The zero-order valence-electron chi connectivity index (χ0n) is 16.6. The first-order valence-corrected chi connectivity index (χ1v) is 9.61. The molecule has 0 heterocycles. The van der Waals surface area contributed by atoms with Crippen molar-refractivity contribution in [3.8, 4) is 0 Å². The van der Waals surface area contributed by atoms with Gasteiger partial charge in [-0.25, -0.2) is 4.79 Å². The molecule has 15 heteroatoms. The molecule has 0 spiro atoms. The summed E-state index contributed by atoms with van der Waals surface area (Å²) in [6.45, 7) is 1.10. The van der Waals surface area contributed by atoms with E-state index in [0.29, 0.717) is 0 Å². The van der Waals surface area contributed by atoms with Gasteiger partial charge < -0.3 is 42.7 Å². The third-order valence-corrected chi connectivity index (χ3v) is 4.28. The highest BCUT2D eigenvalue weighted by atomic mass is 32.1. The Bertz CT molecular complexity index is 703. The number of aliphatic hydroxyl groups excluding tert-OH is 1. The summed E-state index contributed by atoms with van der Waals surface area (Å²) in [5.74, 6) is -6.96. The van der Waals surface area contributed by atoms with Crippen molar-refractivity contribution in [1.82, 2.24) is 16.0 Å². The van der Waals surface area contributed by atoms with Crippen LogP contribution in [-0.4, -0.2) is 86.9 Å². The van der Waals surface area contributed by atoms with Gasteiger partial charge in [-0.2, -0.15) is 12.6 Å². The molecule has 0 fully saturated rings. The van der Waals surface area contributed by atoms with Gasteiger partial charge in [-0.15, -0.1) is 0 Å². The van der Waals surface area contributed by atoms with Gasteiger partial charge in [0.2, 0.25) is 23.6 Å². The molecule has 0 aromatic carbocycles. The normalized spacial score (nSPS) is 15.5. The molecule has 5 atom stereocenters. The number of amides is 4. The van der Waals surface area contributed by atoms with E-state index < -0.39 is 72.3 Å². The Morgan fingerprint density at radius 3 is 1.87 bits per heavy atom. The van der Waals surface area contributed by atoms with Crippen LogP contribution in [0, 0.1) is 0 Å². The van der Waals surface area contributed by atoms with Gasteiger partial charge in [0.05, 0.1) is 18.6 Å². The molecule has 0 saturated carbocycles. The van der Waals surface area contributed by atoms with Gasteiger partial charge in [-0.3, -0.25) is 24.0 Å². The standard InChI is InChI=1S/C16H27N5O9S/c1-6(22)12(16(29)30)21-14(27)8(4-11(24)25)19-15(28)9(5-31)20-13(26)7(17)2-3-10(18)23/h6-9,12,22,31H,2-5,17H2,1H3,(H2,18,23)(H,19,28)(H,20,26)(H,21,27)(H,24,25)(H,29,30). The van der Waals surface area contributed by atoms with Gasteiger partial charge in [0, 0.05) is 12.2 Å². The lowest BCUT2D eigenvalue weighted by Gasteiger charge is -2.24. The van der Waals surface area contributed by atoms with E-state index in [1.54, 1.807) is 0 Å². The highest BCUT2D eigenvalue weighted by Crippen LogP contribution is 2.01. The number of hydrogen-bond donors (Lipinski definition) is 9. The van der Waals surface area contributed by atoms with Crippen LogP contribution in [0.1, 0.15) is 26.2 Å². The Hall–Kier alpha value is -2.91. The van der Waals surface area contributed by atoms with Gasteiger partial charge in [-0.05, 0) is 13.3 Å². The van der Waals surface area contributed by atoms with Gasteiger partial charge in [0.15, 0.2) is 6.04 Å². The van der Waals surface area contributed by atoms with Crippen LogP contribution in [0.25, 0.3) is 0 Å². The summed E-state index contributed by atoms with van der Waals surface area (Å²) < 4.78 is 0. The van der Waals surface area contributed by atoms with Gasteiger partial charge in [0.1, 0.15) is 12.1 Å². The summed E-state index contributed by atoms with van der Waals surface area (Å²) in [7, 11) is 0. The van der Waals surface area contributed by atoms with E-state index in [0.717, 1.165) is 6.92 Å². The first-order chi connectivity index (χ1) is 14.3. The third-order valence-electron chi connectivity index (χ3n) is 3.91. The third kappa shape index (κ3) is 10.6. The summed E-state index contributed by atoms with van der Waals surface area (Å²) in [6.07, 6.45) is -2.66. The maximum absolute atomic E-state index is 12.4. The molecule has 0 radical (unpaired) electrons. The fourth-order valence-electron chi connectivity index (χ4n) is 2.20. The second-order valence-corrected chi connectivity index (χ2v) is 6.94. The van der Waals surface area contributed by atoms with Crippen LogP contribution in [0.4, 0.5) is 0 Å². The molecule has 0 rings (SSSR count). The minimum atomic E-state index is -1.75. The van der Waals surface area contributed by atoms with Crippen molar-refractivity contribution in [2.75, 3.05) is 5.75 Å². The molecule has 0 aliphatic rings. The molecule has 176 valence electrons. The highest BCUT2D eigenvalue weighted by Gasteiger charge is 2.32. The number of aliphatic carboxylic acids is 2. The molecule has 14 nitrogen and oxygen atoms in total. The van der Waals surface area contributed by atoms with E-state index in [-0.39, 0.29) is 18.6 Å². The van der Waals surface area contributed by atoms with Gasteiger partial charge in [-0.1, -0.05) is 0 Å². The maximum Gasteiger partial charge on any atom is 0.328 e. The number of carboxylic acids is 2. The summed E-state index contributed by atoms with van der Waals surface area (Å²) >= 11 is 3.92. The van der Waals surface area contributed by atoms with Crippen LogP contribution in [0.15, 0.2) is 0 Å². The fourth-order valence-corrected chi connectivity index (χ4v) is 2.46. The summed E-state index contributed by atoms with van der Waals surface area (Å²) in [6, 6.07) is -5.95. The molecule has 0 aliphatic heterocycles. The smallest absolute Gasteiger partial charge is 0.328 e. The Kier molecular flexibility index (Phi) is 12.1. The molecule has 0 saturated heterocycles. The summed E-state index contributed by atoms with van der Waals surface area (Å²) in [5, 5.41) is 33.7. The molecule has 31 heavy (non-hydrogen) atoms. The second-order valence-electron chi connectivity index (χ2n) is 6.58. The number of carbonyl (C=O) groups excluding carboxylic acids is 4. The second kappa shape index (κ2) is 13.4. The summed E-state index contributed by atoms with van der Waals surface area (Å²) in [4.78, 5) is 69.7. The first kappa shape index (κ1) is 28.1. The molecule has 0 bridgehead atoms. The van der Waals surface area contributed by atoms with Crippen LogP contribution in [-0.2, 0) is 28.8 Å². The predicted molar refractivity (Wildman–Crippen MR) is 108 cm³/mol. The minimum absolute atomic E-state index is 0.0813. The number of thiol groups is 1.